The summed E-state index contributed by atoms with van der Waals surface area (Å²) < 4.78 is 88.5. The summed E-state index contributed by atoms with van der Waals surface area (Å²) in [6.45, 7) is 15.7. The molecule has 16 heteroatoms. The third-order valence-corrected chi connectivity index (χ3v) is 16.3. The SMILES string of the molecule is CCC(C)(C)C(=O)OC1(C)CCCC1.CCC(C)C(=O)Oc1cc(C(=O)OC(CS(=O)(=O)[O-])C(F)(F)F)ccc1I.CCC(C)c1ccc(O)cc1.c1ccc(-[s+]2c3ccccc3c3ccccc32)cc1. The molecule has 5 aromatic carbocycles. The lowest BCUT2D eigenvalue weighted by Gasteiger charge is -2.29. The summed E-state index contributed by atoms with van der Waals surface area (Å²) in [5.41, 5.74) is 0.389. The van der Waals surface area contributed by atoms with Crippen molar-refractivity contribution < 1.29 is 59.8 Å². The molecule has 3 atom stereocenters. The normalized spacial score (nSPS) is 14.5. The molecule has 384 valence electrons. The Balaban J connectivity index is 0.000000217. The molecule has 1 N–H and O–H groups in total. The van der Waals surface area contributed by atoms with E-state index in [1.807, 2.05) is 32.9 Å². The van der Waals surface area contributed by atoms with E-state index in [0.29, 0.717) is 21.7 Å². The quantitative estimate of drug-likeness (QED) is 0.0388. The molecule has 71 heavy (non-hydrogen) atoms. The van der Waals surface area contributed by atoms with Gasteiger partial charge < -0.3 is 23.9 Å². The first kappa shape index (κ1) is 58.5. The number of rotatable bonds is 13. The third-order valence-electron chi connectivity index (χ3n) is 12.4. The van der Waals surface area contributed by atoms with Crippen molar-refractivity contribution in [3.63, 3.8) is 0 Å². The van der Waals surface area contributed by atoms with Gasteiger partial charge in [-0.15, -0.1) is 0 Å². The second-order valence-corrected chi connectivity index (χ2v) is 22.9. The molecule has 0 saturated heterocycles. The van der Waals surface area contributed by atoms with Crippen LogP contribution in [0.5, 0.6) is 11.5 Å². The molecule has 0 spiro atoms. The highest BCUT2D eigenvalue weighted by molar-refractivity contribution is 14.1. The fourth-order valence-electron chi connectivity index (χ4n) is 7.10. The predicted molar refractivity (Wildman–Crippen MR) is 283 cm³/mol. The van der Waals surface area contributed by atoms with Crippen LogP contribution in [0, 0.1) is 14.9 Å². The van der Waals surface area contributed by atoms with Crippen LogP contribution >= 0.6 is 33.1 Å². The van der Waals surface area contributed by atoms with Crippen LogP contribution in [0.4, 0.5) is 13.2 Å². The molecule has 1 aliphatic carbocycles. The Bertz CT molecular complexity index is 2750. The highest BCUT2D eigenvalue weighted by Gasteiger charge is 2.44. The highest BCUT2D eigenvalue weighted by Crippen LogP contribution is 2.48. The molecule has 0 aliphatic heterocycles. The Hall–Kier alpha value is -5.04. The zero-order valence-electron chi connectivity index (χ0n) is 41.4. The van der Waals surface area contributed by atoms with Crippen molar-refractivity contribution in [1.82, 2.24) is 0 Å². The first-order chi connectivity index (χ1) is 33.3. The van der Waals surface area contributed by atoms with Gasteiger partial charge in [-0.3, -0.25) is 9.59 Å². The van der Waals surface area contributed by atoms with Crippen molar-refractivity contribution in [3.05, 3.63) is 136 Å². The van der Waals surface area contributed by atoms with E-state index >= 15 is 0 Å². The number of alkyl halides is 3. The van der Waals surface area contributed by atoms with Gasteiger partial charge in [-0.25, -0.2) is 13.2 Å². The highest BCUT2D eigenvalue weighted by atomic mass is 127. The minimum atomic E-state index is -5.30. The number of benzene rings is 5. The summed E-state index contributed by atoms with van der Waals surface area (Å²) in [6, 6.07) is 39.3. The van der Waals surface area contributed by atoms with Crippen molar-refractivity contribution in [2.45, 2.75) is 124 Å². The number of ether oxygens (including phenoxy) is 3. The van der Waals surface area contributed by atoms with E-state index in [4.69, 9.17) is 14.6 Å². The summed E-state index contributed by atoms with van der Waals surface area (Å²) >= 11 is 1.80. The third kappa shape index (κ3) is 17.3. The van der Waals surface area contributed by atoms with Gasteiger partial charge in [-0.05, 0) is 167 Å². The standard InChI is InChI=1S/C18H13S.C15H16F3IO7S.C12H22O2.C10H14O/c1-2-8-14(9-3-1)19-17-12-6-4-10-15(17)16-11-5-7-13-18(16)19;1-3-8(2)13(20)25-11-6-9(4-5-10(11)19)14(21)26-12(15(16,17)18)7-27(22,23)24;1-5-11(2,3)10(13)14-12(4)8-6-7-9-12;1-3-8(2)9-4-6-10(11)7-5-9/h1-13H;4-6,8,12H,3,7H2,1-2H3,(H,22,23,24);5-9H2,1-4H3;4-8,11H,3H2,1-2H3/q+1;;;/p-1. The molecular weight excluding hydrogens is 1070 g/mol. The summed E-state index contributed by atoms with van der Waals surface area (Å²) in [4.78, 5) is 37.1. The monoisotopic (exact) mass is 1130 g/mol. The number of esters is 3. The van der Waals surface area contributed by atoms with Gasteiger partial charge in [0.15, 0.2) is 14.3 Å². The number of hydrogen-bond acceptors (Lipinski definition) is 10. The maximum Gasteiger partial charge on any atom is 0.426 e. The van der Waals surface area contributed by atoms with Crippen LogP contribution in [0.25, 0.3) is 25.1 Å². The van der Waals surface area contributed by atoms with E-state index < -0.39 is 51.6 Å². The molecule has 0 amide bonds. The van der Waals surface area contributed by atoms with Crippen LogP contribution in [0.15, 0.2) is 121 Å². The Morgan fingerprint density at radius 2 is 1.34 bits per heavy atom. The Morgan fingerprint density at radius 1 is 0.803 bits per heavy atom. The number of carbonyl (C=O) groups excluding carboxylic acids is 3. The smallest absolute Gasteiger partial charge is 0.426 e. The fraction of sp³-hybridized carbons (Fsp3) is 0.400. The van der Waals surface area contributed by atoms with Crippen molar-refractivity contribution in [2.24, 2.45) is 11.3 Å². The molecule has 0 bridgehead atoms. The van der Waals surface area contributed by atoms with Gasteiger partial charge in [0.25, 0.3) is 0 Å². The average molecular weight is 1130 g/mol. The maximum atomic E-state index is 12.8. The molecule has 10 nitrogen and oxygen atoms in total. The van der Waals surface area contributed by atoms with Gasteiger partial charge >= 0.3 is 24.1 Å². The molecule has 1 fully saturated rings. The molecule has 1 aliphatic rings. The van der Waals surface area contributed by atoms with Crippen LogP contribution in [-0.4, -0.2) is 59.6 Å². The molecule has 3 unspecified atom stereocenters. The van der Waals surface area contributed by atoms with E-state index in [9.17, 15) is 40.5 Å². The first-order valence-electron chi connectivity index (χ1n) is 23.6. The maximum absolute atomic E-state index is 12.8. The fourth-order valence-corrected chi connectivity index (χ4v) is 10.6. The molecule has 7 rings (SSSR count). The average Bonchev–Trinajstić information content (AvgIpc) is 3.92. The zero-order valence-corrected chi connectivity index (χ0v) is 45.2. The van der Waals surface area contributed by atoms with Gasteiger partial charge in [0.05, 0.1) is 36.3 Å². The van der Waals surface area contributed by atoms with E-state index in [1.54, 1.807) is 48.6 Å². The number of hydrogen-bond donors (Lipinski definition) is 1. The van der Waals surface area contributed by atoms with E-state index in [-0.39, 0.29) is 33.2 Å². The van der Waals surface area contributed by atoms with Crippen LogP contribution in [0.2, 0.25) is 0 Å². The van der Waals surface area contributed by atoms with Crippen molar-refractivity contribution >= 4 is 81.3 Å². The topological polar surface area (TPSA) is 156 Å². The molecule has 1 aromatic heterocycles. The molecule has 1 heterocycles. The van der Waals surface area contributed by atoms with Crippen molar-refractivity contribution in [1.29, 1.82) is 0 Å². The summed E-state index contributed by atoms with van der Waals surface area (Å²) in [7, 11) is -5.24. The summed E-state index contributed by atoms with van der Waals surface area (Å²) in [5, 5.41) is 11.8. The van der Waals surface area contributed by atoms with Crippen LogP contribution in [0.3, 0.4) is 0 Å². The number of phenolic OH excluding ortho intramolecular Hbond substituents is 1. The van der Waals surface area contributed by atoms with Gasteiger partial charge in [-0.1, -0.05) is 89.2 Å². The Morgan fingerprint density at radius 3 is 1.83 bits per heavy atom. The molecule has 6 aromatic rings. The zero-order chi connectivity index (χ0) is 52.7. The number of fused-ring (bicyclic) bond motifs is 3. The second-order valence-electron chi connectivity index (χ2n) is 18.3. The Kier molecular flexibility index (Phi) is 21.5. The lowest BCUT2D eigenvalue weighted by Crippen LogP contribution is -2.39. The lowest BCUT2D eigenvalue weighted by molar-refractivity contribution is -0.197. The van der Waals surface area contributed by atoms with Crippen LogP contribution in [0.1, 0.15) is 122 Å². The summed E-state index contributed by atoms with van der Waals surface area (Å²) in [5.74, 6) is -3.65. The van der Waals surface area contributed by atoms with Crippen molar-refractivity contribution in [3.8, 4) is 16.4 Å². The Labute approximate surface area is 432 Å². The van der Waals surface area contributed by atoms with E-state index in [0.717, 1.165) is 37.8 Å². The lowest BCUT2D eigenvalue weighted by atomic mass is 9.90. The minimum Gasteiger partial charge on any atom is -0.748 e. The molecule has 1 saturated carbocycles. The number of halogens is 4. The van der Waals surface area contributed by atoms with Crippen molar-refractivity contribution in [2.75, 3.05) is 5.75 Å². The number of phenols is 1. The minimum absolute atomic E-state index is 0.0376. The van der Waals surface area contributed by atoms with Crippen LogP contribution < -0.4 is 4.74 Å². The van der Waals surface area contributed by atoms with Gasteiger partial charge in [0, 0.05) is 21.2 Å². The molecular formula is C55H64F3IO10S2. The van der Waals surface area contributed by atoms with Gasteiger partial charge in [-0.2, -0.15) is 13.2 Å². The van der Waals surface area contributed by atoms with Crippen LogP contribution in [-0.2, 0) is 29.2 Å². The summed E-state index contributed by atoms with van der Waals surface area (Å²) in [6.07, 6.45) is -1.45. The molecule has 0 radical (unpaired) electrons. The van der Waals surface area contributed by atoms with E-state index in [1.165, 1.54) is 49.5 Å². The van der Waals surface area contributed by atoms with Gasteiger partial charge in [0.2, 0.25) is 6.10 Å². The van der Waals surface area contributed by atoms with Gasteiger partial charge in [0.1, 0.15) is 17.1 Å². The largest absolute Gasteiger partial charge is 0.748 e. The van der Waals surface area contributed by atoms with E-state index in [2.05, 4.69) is 104 Å². The second kappa shape index (κ2) is 26.1. The predicted octanol–water partition coefficient (Wildman–Crippen LogP) is 14.8. The first-order valence-corrected chi connectivity index (χ1v) is 27.4. The number of thiophene rings is 1. The number of carbonyl (C=O) groups is 3. The number of aromatic hydroxyl groups is 1.